The van der Waals surface area contributed by atoms with Gasteiger partial charge in [-0.1, -0.05) is 0 Å². The number of aromatic nitrogens is 1. The average molecular weight is 202 g/mol. The highest BCUT2D eigenvalue weighted by Gasteiger charge is 2.02. The molecule has 0 aliphatic rings. The van der Waals surface area contributed by atoms with E-state index >= 15 is 0 Å². The van der Waals surface area contributed by atoms with Crippen molar-refractivity contribution < 1.29 is 4.74 Å². The highest BCUT2D eigenvalue weighted by molar-refractivity contribution is 5.83. The van der Waals surface area contributed by atoms with Gasteiger partial charge in [0.1, 0.15) is 5.75 Å². The van der Waals surface area contributed by atoms with Gasteiger partial charge < -0.3 is 10.5 Å². The van der Waals surface area contributed by atoms with Crippen LogP contribution in [0.4, 0.5) is 0 Å². The van der Waals surface area contributed by atoms with Crippen LogP contribution >= 0.6 is 0 Å². The summed E-state index contributed by atoms with van der Waals surface area (Å²) >= 11 is 0. The minimum absolute atomic E-state index is 0.649. The van der Waals surface area contributed by atoms with E-state index < -0.39 is 0 Å². The lowest BCUT2D eigenvalue weighted by molar-refractivity contribution is 0.415. The van der Waals surface area contributed by atoms with Gasteiger partial charge >= 0.3 is 0 Å². The van der Waals surface area contributed by atoms with Gasteiger partial charge in [-0.3, -0.25) is 4.98 Å². The summed E-state index contributed by atoms with van der Waals surface area (Å²) < 4.78 is 5.20. The molecule has 0 aliphatic carbocycles. The molecule has 15 heavy (non-hydrogen) atoms. The van der Waals surface area contributed by atoms with Crippen molar-refractivity contribution in [3.63, 3.8) is 0 Å². The smallest absolute Gasteiger partial charge is 0.119 e. The summed E-state index contributed by atoms with van der Waals surface area (Å²) in [7, 11) is 1.67. The van der Waals surface area contributed by atoms with E-state index in [0.29, 0.717) is 6.54 Å². The molecule has 0 unspecified atom stereocenters. The molecule has 1 aromatic heterocycles. The van der Waals surface area contributed by atoms with Gasteiger partial charge in [-0.05, 0) is 42.8 Å². The van der Waals surface area contributed by atoms with Gasteiger partial charge in [0.2, 0.25) is 0 Å². The second-order valence-corrected chi connectivity index (χ2v) is 3.39. The van der Waals surface area contributed by atoms with Crippen LogP contribution in [0.15, 0.2) is 30.5 Å². The van der Waals surface area contributed by atoms with Gasteiger partial charge in [0.05, 0.1) is 12.6 Å². The second-order valence-electron chi connectivity index (χ2n) is 3.39. The lowest BCUT2D eigenvalue weighted by atomic mass is 10.1. The zero-order valence-corrected chi connectivity index (χ0v) is 8.73. The number of benzene rings is 1. The molecule has 1 aromatic carbocycles. The molecule has 0 saturated heterocycles. The van der Waals surface area contributed by atoms with Gasteiger partial charge in [0.25, 0.3) is 0 Å². The monoisotopic (exact) mass is 202 g/mol. The van der Waals surface area contributed by atoms with Gasteiger partial charge in [0.15, 0.2) is 0 Å². The highest BCUT2D eigenvalue weighted by atomic mass is 16.5. The van der Waals surface area contributed by atoms with E-state index in [1.165, 1.54) is 5.56 Å². The lowest BCUT2D eigenvalue weighted by Gasteiger charge is -2.06. The zero-order valence-electron chi connectivity index (χ0n) is 8.73. The number of hydrogen-bond donors (Lipinski definition) is 1. The Kier molecular flexibility index (Phi) is 2.83. The second kappa shape index (κ2) is 4.28. The number of ether oxygens (including phenoxy) is 1. The topological polar surface area (TPSA) is 48.1 Å². The van der Waals surface area contributed by atoms with Crippen molar-refractivity contribution in [2.45, 2.75) is 6.42 Å². The Hall–Kier alpha value is -1.61. The number of pyridine rings is 1. The molecule has 0 atom stereocenters. The maximum Gasteiger partial charge on any atom is 0.119 e. The van der Waals surface area contributed by atoms with Crippen molar-refractivity contribution in [2.24, 2.45) is 5.73 Å². The van der Waals surface area contributed by atoms with Gasteiger partial charge in [0, 0.05) is 11.6 Å². The van der Waals surface area contributed by atoms with Gasteiger partial charge in [-0.25, -0.2) is 0 Å². The number of fused-ring (bicyclic) bond motifs is 1. The Morgan fingerprint density at radius 1 is 1.33 bits per heavy atom. The summed E-state index contributed by atoms with van der Waals surface area (Å²) in [5.41, 5.74) is 7.78. The average Bonchev–Trinajstić information content (AvgIpc) is 2.29. The first-order chi connectivity index (χ1) is 7.35. The Bertz CT molecular complexity index is 468. The van der Waals surface area contributed by atoms with Crippen LogP contribution in [0.1, 0.15) is 5.56 Å². The summed E-state index contributed by atoms with van der Waals surface area (Å²) in [6.07, 6.45) is 2.69. The third-order valence-electron chi connectivity index (χ3n) is 2.45. The summed E-state index contributed by atoms with van der Waals surface area (Å²) in [6.45, 7) is 0.649. The van der Waals surface area contributed by atoms with E-state index in [2.05, 4.69) is 4.98 Å². The van der Waals surface area contributed by atoms with E-state index in [9.17, 15) is 0 Å². The molecule has 0 bridgehead atoms. The van der Waals surface area contributed by atoms with Crippen LogP contribution in [0, 0.1) is 0 Å². The SMILES string of the molecule is COc1ccc2nccc(CCN)c2c1. The Balaban J connectivity index is 2.59. The number of rotatable bonds is 3. The van der Waals surface area contributed by atoms with E-state index in [0.717, 1.165) is 23.1 Å². The maximum atomic E-state index is 5.57. The van der Waals surface area contributed by atoms with E-state index in [1.54, 1.807) is 7.11 Å². The fourth-order valence-electron chi connectivity index (χ4n) is 1.68. The molecule has 0 radical (unpaired) electrons. The predicted molar refractivity (Wildman–Crippen MR) is 61.1 cm³/mol. The minimum Gasteiger partial charge on any atom is -0.497 e. The summed E-state index contributed by atoms with van der Waals surface area (Å²) in [5, 5.41) is 1.13. The van der Waals surface area contributed by atoms with Crippen molar-refractivity contribution in [3.8, 4) is 5.75 Å². The molecular formula is C12H14N2O. The van der Waals surface area contributed by atoms with Crippen LogP contribution < -0.4 is 10.5 Å². The van der Waals surface area contributed by atoms with Crippen molar-refractivity contribution in [1.82, 2.24) is 4.98 Å². The van der Waals surface area contributed by atoms with E-state index in [-0.39, 0.29) is 0 Å². The van der Waals surface area contributed by atoms with Crippen molar-refractivity contribution >= 4 is 10.9 Å². The zero-order chi connectivity index (χ0) is 10.7. The largest absolute Gasteiger partial charge is 0.497 e. The molecule has 0 saturated carbocycles. The van der Waals surface area contributed by atoms with Crippen LogP contribution in [0.25, 0.3) is 10.9 Å². The minimum atomic E-state index is 0.649. The molecule has 0 spiro atoms. The third-order valence-corrected chi connectivity index (χ3v) is 2.45. The standard InChI is InChI=1S/C12H14N2O/c1-15-10-2-3-12-11(8-10)9(4-6-13)5-7-14-12/h2-3,5,7-8H,4,6,13H2,1H3. The Labute approximate surface area is 88.9 Å². The number of hydrogen-bond acceptors (Lipinski definition) is 3. The first-order valence-corrected chi connectivity index (χ1v) is 4.97. The number of nitrogens with zero attached hydrogens (tertiary/aromatic N) is 1. The van der Waals surface area contributed by atoms with E-state index in [1.807, 2.05) is 30.5 Å². The van der Waals surface area contributed by atoms with Crippen LogP contribution in [-0.4, -0.2) is 18.6 Å². The van der Waals surface area contributed by atoms with Crippen LogP contribution in [0.2, 0.25) is 0 Å². The predicted octanol–water partition coefficient (Wildman–Crippen LogP) is 1.74. The summed E-state index contributed by atoms with van der Waals surface area (Å²) in [4.78, 5) is 4.30. The fraction of sp³-hybridized carbons (Fsp3) is 0.250. The summed E-state index contributed by atoms with van der Waals surface area (Å²) in [5.74, 6) is 0.855. The van der Waals surface area contributed by atoms with Gasteiger partial charge in [-0.2, -0.15) is 0 Å². The first kappa shape index (κ1) is 9.93. The Morgan fingerprint density at radius 2 is 2.20 bits per heavy atom. The molecule has 2 N–H and O–H groups in total. The third kappa shape index (κ3) is 1.92. The molecule has 3 nitrogen and oxygen atoms in total. The molecule has 0 fully saturated rings. The van der Waals surface area contributed by atoms with Crippen LogP contribution in [0.3, 0.4) is 0 Å². The van der Waals surface area contributed by atoms with Crippen molar-refractivity contribution in [2.75, 3.05) is 13.7 Å². The molecule has 2 rings (SSSR count). The molecular weight excluding hydrogens is 188 g/mol. The fourth-order valence-corrected chi connectivity index (χ4v) is 1.68. The van der Waals surface area contributed by atoms with Crippen molar-refractivity contribution in [3.05, 3.63) is 36.0 Å². The molecule has 2 aromatic rings. The molecule has 0 amide bonds. The molecule has 3 heteroatoms. The lowest BCUT2D eigenvalue weighted by Crippen LogP contribution is -2.03. The normalized spacial score (nSPS) is 10.5. The number of nitrogens with two attached hydrogens (primary N) is 1. The molecule has 1 heterocycles. The first-order valence-electron chi connectivity index (χ1n) is 4.97. The molecule has 78 valence electrons. The van der Waals surface area contributed by atoms with Gasteiger partial charge in [-0.15, -0.1) is 0 Å². The van der Waals surface area contributed by atoms with Crippen LogP contribution in [0.5, 0.6) is 5.75 Å². The highest BCUT2D eigenvalue weighted by Crippen LogP contribution is 2.22. The Morgan fingerprint density at radius 3 is 2.93 bits per heavy atom. The summed E-state index contributed by atoms with van der Waals surface area (Å²) in [6, 6.07) is 7.90. The van der Waals surface area contributed by atoms with Crippen LogP contribution in [-0.2, 0) is 6.42 Å². The molecule has 0 aliphatic heterocycles. The quantitative estimate of drug-likeness (QED) is 0.824. The van der Waals surface area contributed by atoms with E-state index in [4.69, 9.17) is 10.5 Å². The van der Waals surface area contributed by atoms with Crippen molar-refractivity contribution in [1.29, 1.82) is 0 Å². The number of methoxy groups -OCH3 is 1. The maximum absolute atomic E-state index is 5.57.